The van der Waals surface area contributed by atoms with E-state index in [2.05, 4.69) is 0 Å². The molecule has 0 aliphatic heterocycles. The second-order valence-corrected chi connectivity index (χ2v) is 7.06. The fourth-order valence-corrected chi connectivity index (χ4v) is 2.07. The molecule has 0 aromatic carbocycles. The normalized spacial score (nSPS) is 12.9. The van der Waals surface area contributed by atoms with Crippen LogP contribution in [0.3, 0.4) is 0 Å². The van der Waals surface area contributed by atoms with Crippen LogP contribution in [0, 0.1) is 11.3 Å². The number of carbonyl (C=O) groups is 2. The van der Waals surface area contributed by atoms with Crippen molar-refractivity contribution in [3.63, 3.8) is 0 Å². The number of hydrogen-bond acceptors (Lipinski definition) is 4. The van der Waals surface area contributed by atoms with Crippen molar-refractivity contribution in [1.82, 2.24) is 0 Å². The maximum atomic E-state index is 12.4. The lowest BCUT2D eigenvalue weighted by Gasteiger charge is -2.23. The van der Waals surface area contributed by atoms with E-state index in [1.165, 1.54) is 0 Å². The Bertz CT molecular complexity index is 400. The van der Waals surface area contributed by atoms with E-state index in [1.54, 1.807) is 0 Å². The van der Waals surface area contributed by atoms with Crippen molar-refractivity contribution in [2.75, 3.05) is 13.2 Å². The zero-order valence-electron chi connectivity index (χ0n) is 15.2. The third-order valence-corrected chi connectivity index (χ3v) is 2.95. The predicted molar refractivity (Wildman–Crippen MR) is 88.4 cm³/mol. The molecule has 0 unspecified atom stereocenters. The lowest BCUT2D eigenvalue weighted by atomic mass is 9.83. The highest BCUT2D eigenvalue weighted by Gasteiger charge is 2.29. The smallest absolute Gasteiger partial charge is 0.334 e. The van der Waals surface area contributed by atoms with Crippen LogP contribution in [-0.2, 0) is 19.1 Å². The van der Waals surface area contributed by atoms with Crippen LogP contribution in [0.2, 0.25) is 0 Å². The van der Waals surface area contributed by atoms with Crippen LogP contribution in [0.5, 0.6) is 0 Å². The van der Waals surface area contributed by atoms with Crippen LogP contribution in [0.15, 0.2) is 11.1 Å². The van der Waals surface area contributed by atoms with Crippen LogP contribution in [0.25, 0.3) is 0 Å². The number of carbonyl (C=O) groups excluding carboxylic acids is 2. The first-order valence-corrected chi connectivity index (χ1v) is 8.21. The lowest BCUT2D eigenvalue weighted by molar-refractivity contribution is -0.143. The molecule has 0 saturated heterocycles. The van der Waals surface area contributed by atoms with E-state index in [0.717, 1.165) is 12.8 Å². The third-order valence-electron chi connectivity index (χ3n) is 2.95. The van der Waals surface area contributed by atoms with E-state index in [0.29, 0.717) is 30.8 Å². The van der Waals surface area contributed by atoms with Crippen LogP contribution in [-0.4, -0.2) is 25.2 Å². The van der Waals surface area contributed by atoms with Gasteiger partial charge < -0.3 is 9.47 Å². The minimum atomic E-state index is -0.399. The Morgan fingerprint density at radius 3 is 1.73 bits per heavy atom. The van der Waals surface area contributed by atoms with Gasteiger partial charge in [-0.1, -0.05) is 48.5 Å². The molecule has 0 amide bonds. The van der Waals surface area contributed by atoms with Gasteiger partial charge in [0.05, 0.1) is 18.8 Å². The van der Waals surface area contributed by atoms with Gasteiger partial charge in [0.2, 0.25) is 0 Å². The number of rotatable bonds is 8. The first kappa shape index (κ1) is 20.7. The zero-order valence-corrected chi connectivity index (χ0v) is 15.2. The SMILES string of the molecule is CCCOC(=O)/C(CC(C)(C)C)=C(\C(=O)OCCC)C(C)C. The minimum Gasteiger partial charge on any atom is -0.462 e. The summed E-state index contributed by atoms with van der Waals surface area (Å²) in [6.45, 7) is 14.5. The molecule has 0 N–H and O–H groups in total. The van der Waals surface area contributed by atoms with Crippen LogP contribution < -0.4 is 0 Å². The van der Waals surface area contributed by atoms with Crippen molar-refractivity contribution >= 4 is 11.9 Å². The summed E-state index contributed by atoms with van der Waals surface area (Å²) in [5.41, 5.74) is 0.785. The molecule has 0 radical (unpaired) electrons. The molecule has 0 fully saturated rings. The Morgan fingerprint density at radius 1 is 0.909 bits per heavy atom. The zero-order chi connectivity index (χ0) is 17.3. The Labute approximate surface area is 135 Å². The van der Waals surface area contributed by atoms with Gasteiger partial charge in [0.25, 0.3) is 0 Å². The second-order valence-electron chi connectivity index (χ2n) is 7.06. The van der Waals surface area contributed by atoms with Crippen molar-refractivity contribution in [1.29, 1.82) is 0 Å². The van der Waals surface area contributed by atoms with E-state index in [-0.39, 0.29) is 11.3 Å². The highest BCUT2D eigenvalue weighted by Crippen LogP contribution is 2.30. The Hall–Kier alpha value is -1.32. The Balaban J connectivity index is 5.66. The minimum absolute atomic E-state index is 0.0871. The molecule has 0 atom stereocenters. The average Bonchev–Trinajstić information content (AvgIpc) is 2.39. The monoisotopic (exact) mass is 312 g/mol. The number of ether oxygens (including phenoxy) is 2. The third kappa shape index (κ3) is 7.62. The summed E-state index contributed by atoms with van der Waals surface area (Å²) in [6.07, 6.45) is 2.00. The van der Waals surface area contributed by atoms with Crippen LogP contribution >= 0.6 is 0 Å². The highest BCUT2D eigenvalue weighted by atomic mass is 16.5. The molecule has 0 aromatic heterocycles. The van der Waals surface area contributed by atoms with Gasteiger partial charge in [0, 0.05) is 5.57 Å². The summed E-state index contributed by atoms with van der Waals surface area (Å²) in [4.78, 5) is 24.8. The number of esters is 2. The van der Waals surface area contributed by atoms with Gasteiger partial charge in [0.1, 0.15) is 0 Å². The van der Waals surface area contributed by atoms with Crippen molar-refractivity contribution < 1.29 is 19.1 Å². The molecular formula is C18H32O4. The van der Waals surface area contributed by atoms with Gasteiger partial charge in [-0.05, 0) is 30.6 Å². The first-order valence-electron chi connectivity index (χ1n) is 8.21. The fourth-order valence-electron chi connectivity index (χ4n) is 2.07. The molecule has 0 aliphatic carbocycles. The van der Waals surface area contributed by atoms with Crippen molar-refractivity contribution in [2.45, 2.75) is 67.7 Å². The molecule has 0 bridgehead atoms. The quantitative estimate of drug-likeness (QED) is 0.496. The van der Waals surface area contributed by atoms with Crippen LogP contribution in [0.1, 0.15) is 67.7 Å². The van der Waals surface area contributed by atoms with Gasteiger partial charge in [-0.25, -0.2) is 9.59 Å². The predicted octanol–water partition coefficient (Wildman–Crippen LogP) is 4.28. The number of hydrogen-bond donors (Lipinski definition) is 0. The highest BCUT2D eigenvalue weighted by molar-refractivity contribution is 6.00. The lowest BCUT2D eigenvalue weighted by Crippen LogP contribution is -2.23. The Kier molecular flexibility index (Phi) is 9.07. The molecule has 128 valence electrons. The molecule has 0 rings (SSSR count). The van der Waals surface area contributed by atoms with Gasteiger partial charge in [0.15, 0.2) is 0 Å². The van der Waals surface area contributed by atoms with E-state index in [1.807, 2.05) is 48.5 Å². The summed E-state index contributed by atoms with van der Waals surface area (Å²) in [5.74, 6) is -0.880. The molecular weight excluding hydrogens is 280 g/mol. The maximum absolute atomic E-state index is 12.4. The largest absolute Gasteiger partial charge is 0.462 e. The van der Waals surface area contributed by atoms with Crippen molar-refractivity contribution in [3.8, 4) is 0 Å². The topological polar surface area (TPSA) is 52.6 Å². The fraction of sp³-hybridized carbons (Fsp3) is 0.778. The van der Waals surface area contributed by atoms with E-state index in [9.17, 15) is 9.59 Å². The van der Waals surface area contributed by atoms with Gasteiger partial charge in [-0.15, -0.1) is 0 Å². The molecule has 0 aromatic rings. The summed E-state index contributed by atoms with van der Waals surface area (Å²) in [7, 11) is 0. The second kappa shape index (κ2) is 9.65. The van der Waals surface area contributed by atoms with Crippen LogP contribution in [0.4, 0.5) is 0 Å². The van der Waals surface area contributed by atoms with Crippen molar-refractivity contribution in [3.05, 3.63) is 11.1 Å². The summed E-state index contributed by atoms with van der Waals surface area (Å²) < 4.78 is 10.5. The Morgan fingerprint density at radius 2 is 1.36 bits per heavy atom. The standard InChI is InChI=1S/C18H32O4/c1-8-10-21-16(19)14(12-18(5,6)7)15(13(3)4)17(20)22-11-9-2/h13H,8-12H2,1-7H3/b15-14-. The van der Waals surface area contributed by atoms with Gasteiger partial charge in [-0.3, -0.25) is 0 Å². The van der Waals surface area contributed by atoms with E-state index in [4.69, 9.17) is 9.47 Å². The molecule has 0 spiro atoms. The van der Waals surface area contributed by atoms with E-state index < -0.39 is 11.9 Å². The molecule has 0 saturated carbocycles. The summed E-state index contributed by atoms with van der Waals surface area (Å²) >= 11 is 0. The molecule has 22 heavy (non-hydrogen) atoms. The summed E-state index contributed by atoms with van der Waals surface area (Å²) in [5, 5.41) is 0. The van der Waals surface area contributed by atoms with E-state index >= 15 is 0 Å². The van der Waals surface area contributed by atoms with Gasteiger partial charge in [-0.2, -0.15) is 0 Å². The first-order chi connectivity index (χ1) is 10.1. The average molecular weight is 312 g/mol. The molecule has 4 heteroatoms. The molecule has 4 nitrogen and oxygen atoms in total. The van der Waals surface area contributed by atoms with Gasteiger partial charge >= 0.3 is 11.9 Å². The summed E-state index contributed by atoms with van der Waals surface area (Å²) in [6, 6.07) is 0. The van der Waals surface area contributed by atoms with Crippen molar-refractivity contribution in [2.24, 2.45) is 11.3 Å². The molecule has 0 heterocycles. The maximum Gasteiger partial charge on any atom is 0.334 e. The molecule has 0 aliphatic rings.